The quantitative estimate of drug-likeness (QED) is 0.482. The minimum absolute atomic E-state index is 0.126. The summed E-state index contributed by atoms with van der Waals surface area (Å²) < 4.78 is 0. The van der Waals surface area contributed by atoms with Crippen LogP contribution < -0.4 is 10.6 Å². The van der Waals surface area contributed by atoms with Gasteiger partial charge in [0.05, 0.1) is 25.3 Å². The normalized spacial score (nSPS) is 13.9. The van der Waals surface area contributed by atoms with Crippen LogP contribution in [0, 0.1) is 0 Å². The Balaban J connectivity index is 4.18. The third-order valence-electron chi connectivity index (χ3n) is 2.67. The average Bonchev–Trinajstić information content (AvgIpc) is 2.24. The lowest BCUT2D eigenvalue weighted by atomic mass is 10.0. The van der Waals surface area contributed by atoms with E-state index in [1.165, 1.54) is 0 Å². The molecule has 0 aromatic carbocycles. The Morgan fingerprint density at radius 1 is 1.31 bits per heavy atom. The minimum atomic E-state index is -0.453. The Morgan fingerprint density at radius 3 is 2.19 bits per heavy atom. The van der Waals surface area contributed by atoms with Gasteiger partial charge in [0, 0.05) is 5.54 Å². The Labute approximate surface area is 97.2 Å². The summed E-state index contributed by atoms with van der Waals surface area (Å²) in [6.07, 6.45) is 0.842. The molecule has 5 nitrogen and oxygen atoms in total. The lowest BCUT2D eigenvalue weighted by Crippen LogP contribution is -2.53. The molecule has 16 heavy (non-hydrogen) atoms. The number of rotatable bonds is 7. The van der Waals surface area contributed by atoms with Crippen LogP contribution in [0.4, 0.5) is 0 Å². The van der Waals surface area contributed by atoms with E-state index in [1.807, 2.05) is 20.8 Å². The van der Waals surface area contributed by atoms with Crippen LogP contribution in [0.3, 0.4) is 0 Å². The molecule has 0 aliphatic rings. The third kappa shape index (κ3) is 5.44. The summed E-state index contributed by atoms with van der Waals surface area (Å²) >= 11 is 0. The van der Waals surface area contributed by atoms with Crippen LogP contribution in [-0.4, -0.2) is 47.0 Å². The van der Waals surface area contributed by atoms with Gasteiger partial charge < -0.3 is 15.5 Å². The largest absolute Gasteiger partial charge is 0.395 e. The zero-order valence-corrected chi connectivity index (χ0v) is 10.6. The van der Waals surface area contributed by atoms with E-state index in [0.29, 0.717) is 0 Å². The van der Waals surface area contributed by atoms with E-state index < -0.39 is 12.1 Å². The highest BCUT2D eigenvalue weighted by atomic mass is 16.3. The van der Waals surface area contributed by atoms with Crippen LogP contribution in [0.15, 0.2) is 0 Å². The van der Waals surface area contributed by atoms with Crippen molar-refractivity contribution < 1.29 is 15.0 Å². The molecule has 0 aliphatic heterocycles. The number of aliphatic hydroxyl groups is 2. The molecule has 0 heterocycles. The van der Waals surface area contributed by atoms with E-state index >= 15 is 0 Å². The molecule has 0 radical (unpaired) electrons. The highest BCUT2D eigenvalue weighted by Gasteiger charge is 2.23. The van der Waals surface area contributed by atoms with Crippen LogP contribution >= 0.6 is 0 Å². The van der Waals surface area contributed by atoms with Gasteiger partial charge in [-0.25, -0.2) is 0 Å². The summed E-state index contributed by atoms with van der Waals surface area (Å²) in [6, 6.07) is -0.888. The molecule has 0 fully saturated rings. The van der Waals surface area contributed by atoms with Gasteiger partial charge in [-0.2, -0.15) is 0 Å². The predicted octanol–water partition coefficient (Wildman–Crippen LogP) is -0.377. The highest BCUT2D eigenvalue weighted by Crippen LogP contribution is 2.07. The average molecular weight is 232 g/mol. The number of amides is 1. The molecule has 0 aromatic heterocycles. The fraction of sp³-hybridized carbons (Fsp3) is 0.909. The molecule has 4 N–H and O–H groups in total. The van der Waals surface area contributed by atoms with Crippen molar-refractivity contribution in [2.24, 2.45) is 0 Å². The van der Waals surface area contributed by atoms with Gasteiger partial charge in [-0.15, -0.1) is 0 Å². The number of carbonyl (C=O) groups excluding carboxylic acids is 1. The molecule has 0 spiro atoms. The first kappa shape index (κ1) is 15.3. The Hall–Kier alpha value is -0.650. The van der Waals surface area contributed by atoms with Gasteiger partial charge in [0.25, 0.3) is 0 Å². The molecule has 0 aromatic rings. The summed E-state index contributed by atoms with van der Waals surface area (Å²) in [5, 5.41) is 23.5. The van der Waals surface area contributed by atoms with Crippen molar-refractivity contribution in [3.63, 3.8) is 0 Å². The monoisotopic (exact) mass is 232 g/mol. The molecular weight excluding hydrogens is 208 g/mol. The van der Waals surface area contributed by atoms with E-state index in [9.17, 15) is 4.79 Å². The van der Waals surface area contributed by atoms with Gasteiger partial charge >= 0.3 is 0 Å². The predicted molar refractivity (Wildman–Crippen MR) is 63.1 cm³/mol. The van der Waals surface area contributed by atoms with Gasteiger partial charge in [0.1, 0.15) is 0 Å². The standard InChI is InChI=1S/C11H24N2O3/c1-5-11(3,4)13-10(16)8(2)12-9(6-14)7-15/h8-9,12,14-15H,5-7H2,1-4H3,(H,13,16). The smallest absolute Gasteiger partial charge is 0.237 e. The zero-order valence-electron chi connectivity index (χ0n) is 10.6. The van der Waals surface area contributed by atoms with Crippen molar-refractivity contribution in [2.45, 2.75) is 51.7 Å². The molecule has 1 amide bonds. The number of hydrogen-bond donors (Lipinski definition) is 4. The van der Waals surface area contributed by atoms with E-state index in [0.717, 1.165) is 6.42 Å². The fourth-order valence-electron chi connectivity index (χ4n) is 1.12. The Morgan fingerprint density at radius 2 is 1.81 bits per heavy atom. The lowest BCUT2D eigenvalue weighted by Gasteiger charge is -2.28. The Bertz CT molecular complexity index is 215. The molecule has 0 bridgehead atoms. The summed E-state index contributed by atoms with van der Waals surface area (Å²) in [4.78, 5) is 11.7. The maximum absolute atomic E-state index is 11.7. The van der Waals surface area contributed by atoms with Gasteiger partial charge in [0.15, 0.2) is 0 Å². The van der Waals surface area contributed by atoms with Crippen molar-refractivity contribution >= 4 is 5.91 Å². The fourth-order valence-corrected chi connectivity index (χ4v) is 1.12. The maximum Gasteiger partial charge on any atom is 0.237 e. The number of carbonyl (C=O) groups is 1. The van der Waals surface area contributed by atoms with Crippen LogP contribution in [0.1, 0.15) is 34.1 Å². The first-order valence-electron chi connectivity index (χ1n) is 5.66. The van der Waals surface area contributed by atoms with Crippen LogP contribution in [0.25, 0.3) is 0 Å². The molecule has 0 aliphatic carbocycles. The van der Waals surface area contributed by atoms with E-state index in [2.05, 4.69) is 10.6 Å². The van der Waals surface area contributed by atoms with Crippen LogP contribution in [0.2, 0.25) is 0 Å². The second-order valence-corrected chi connectivity index (χ2v) is 4.68. The summed E-state index contributed by atoms with van der Waals surface area (Å²) in [7, 11) is 0. The van der Waals surface area contributed by atoms with Gasteiger partial charge in [-0.05, 0) is 27.2 Å². The lowest BCUT2D eigenvalue weighted by molar-refractivity contribution is -0.124. The second-order valence-electron chi connectivity index (χ2n) is 4.68. The van der Waals surface area contributed by atoms with Crippen molar-refractivity contribution in [3.8, 4) is 0 Å². The number of nitrogens with one attached hydrogen (secondary N) is 2. The maximum atomic E-state index is 11.7. The number of hydrogen-bond acceptors (Lipinski definition) is 4. The molecule has 0 rings (SSSR count). The minimum Gasteiger partial charge on any atom is -0.395 e. The SMILES string of the molecule is CCC(C)(C)NC(=O)C(C)NC(CO)CO. The van der Waals surface area contributed by atoms with Gasteiger partial charge in [-0.1, -0.05) is 6.92 Å². The van der Waals surface area contributed by atoms with Gasteiger partial charge in [0.2, 0.25) is 5.91 Å². The zero-order chi connectivity index (χ0) is 12.8. The summed E-state index contributed by atoms with van der Waals surface area (Å²) in [6.45, 7) is 7.24. The first-order valence-corrected chi connectivity index (χ1v) is 5.66. The molecule has 1 unspecified atom stereocenters. The third-order valence-corrected chi connectivity index (χ3v) is 2.67. The molecular formula is C11H24N2O3. The molecule has 1 atom stereocenters. The van der Waals surface area contributed by atoms with Crippen LogP contribution in [0.5, 0.6) is 0 Å². The highest BCUT2D eigenvalue weighted by molar-refractivity contribution is 5.82. The summed E-state index contributed by atoms with van der Waals surface area (Å²) in [5.41, 5.74) is -0.235. The Kier molecular flexibility index (Phi) is 6.55. The summed E-state index contributed by atoms with van der Waals surface area (Å²) in [5.74, 6) is -0.126. The first-order chi connectivity index (χ1) is 7.36. The molecule has 0 saturated carbocycles. The van der Waals surface area contributed by atoms with Gasteiger partial charge in [-0.3, -0.25) is 10.1 Å². The van der Waals surface area contributed by atoms with Crippen molar-refractivity contribution in [1.82, 2.24) is 10.6 Å². The van der Waals surface area contributed by atoms with Crippen LogP contribution in [-0.2, 0) is 4.79 Å². The topological polar surface area (TPSA) is 81.6 Å². The van der Waals surface area contributed by atoms with Crippen molar-refractivity contribution in [3.05, 3.63) is 0 Å². The van der Waals surface area contributed by atoms with E-state index in [1.54, 1.807) is 6.92 Å². The molecule has 96 valence electrons. The van der Waals surface area contributed by atoms with E-state index in [-0.39, 0.29) is 24.7 Å². The molecule has 0 saturated heterocycles. The van der Waals surface area contributed by atoms with Crippen molar-refractivity contribution in [2.75, 3.05) is 13.2 Å². The second kappa shape index (κ2) is 6.83. The number of aliphatic hydroxyl groups excluding tert-OH is 2. The molecule has 5 heteroatoms. The van der Waals surface area contributed by atoms with Crippen molar-refractivity contribution in [1.29, 1.82) is 0 Å². The van der Waals surface area contributed by atoms with E-state index in [4.69, 9.17) is 10.2 Å².